The number of aromatic nitrogens is 1. The van der Waals surface area contributed by atoms with Gasteiger partial charge in [-0.25, -0.2) is 4.98 Å². The molecule has 0 saturated carbocycles. The van der Waals surface area contributed by atoms with Crippen LogP contribution in [0.15, 0.2) is 58.5 Å². The van der Waals surface area contributed by atoms with Crippen LogP contribution in [0.5, 0.6) is 0 Å². The Balaban J connectivity index is 1.64. The van der Waals surface area contributed by atoms with Gasteiger partial charge in [0.15, 0.2) is 0 Å². The van der Waals surface area contributed by atoms with E-state index >= 15 is 0 Å². The summed E-state index contributed by atoms with van der Waals surface area (Å²) in [5.41, 5.74) is 1.41. The second-order valence-electron chi connectivity index (χ2n) is 4.85. The number of benzene rings is 1. The number of carbonyl (C=O) groups excluding carboxylic acids is 1. The van der Waals surface area contributed by atoms with Gasteiger partial charge in [-0.2, -0.15) is 0 Å². The molecular weight excluding hydrogens is 312 g/mol. The van der Waals surface area contributed by atoms with Gasteiger partial charge in [-0.15, -0.1) is 11.3 Å². The highest BCUT2D eigenvalue weighted by Gasteiger charge is 2.17. The molecule has 1 N–H and O–H groups in total. The minimum Gasteiger partial charge on any atom is -0.467 e. The first kappa shape index (κ1) is 15.5. The van der Waals surface area contributed by atoms with E-state index in [-0.39, 0.29) is 12.0 Å². The van der Waals surface area contributed by atoms with Gasteiger partial charge in [0.2, 0.25) is 0 Å². The normalized spacial score (nSPS) is 12.0. The summed E-state index contributed by atoms with van der Waals surface area (Å²) in [4.78, 5) is 16.6. The lowest BCUT2D eigenvalue weighted by molar-refractivity contribution is 0.0736. The molecule has 0 aliphatic rings. The first-order chi connectivity index (χ1) is 11.3. The Hall–Kier alpha value is -2.44. The van der Waals surface area contributed by atoms with Gasteiger partial charge in [-0.1, -0.05) is 30.3 Å². The van der Waals surface area contributed by atoms with Gasteiger partial charge < -0.3 is 14.5 Å². The van der Waals surface area contributed by atoms with Gasteiger partial charge in [0.1, 0.15) is 22.6 Å². The first-order valence-corrected chi connectivity index (χ1v) is 8.01. The minimum absolute atomic E-state index is 0.225. The predicted octanol–water partition coefficient (Wildman–Crippen LogP) is 3.52. The number of methoxy groups -OCH3 is 1. The van der Waals surface area contributed by atoms with Crippen molar-refractivity contribution in [1.82, 2.24) is 10.3 Å². The molecule has 0 radical (unpaired) electrons. The summed E-state index contributed by atoms with van der Waals surface area (Å²) in [6.45, 7) is 0.320. The zero-order valence-corrected chi connectivity index (χ0v) is 13.4. The monoisotopic (exact) mass is 328 g/mol. The summed E-state index contributed by atoms with van der Waals surface area (Å²) in [5.74, 6) is 0.452. The quantitative estimate of drug-likeness (QED) is 0.752. The van der Waals surface area contributed by atoms with Gasteiger partial charge in [-0.3, -0.25) is 4.79 Å². The molecule has 0 fully saturated rings. The van der Waals surface area contributed by atoms with Crippen molar-refractivity contribution in [1.29, 1.82) is 0 Å². The topological polar surface area (TPSA) is 64.4 Å². The van der Waals surface area contributed by atoms with Crippen LogP contribution >= 0.6 is 11.3 Å². The molecule has 0 spiro atoms. The van der Waals surface area contributed by atoms with Crippen LogP contribution in [0.2, 0.25) is 0 Å². The Morgan fingerprint density at radius 1 is 1.30 bits per heavy atom. The summed E-state index contributed by atoms with van der Waals surface area (Å²) in [7, 11) is 1.58. The Morgan fingerprint density at radius 2 is 2.13 bits per heavy atom. The number of nitrogens with one attached hydrogen (secondary N) is 1. The highest BCUT2D eigenvalue weighted by molar-refractivity contribution is 7.13. The molecule has 0 aliphatic heterocycles. The van der Waals surface area contributed by atoms with E-state index in [0.717, 1.165) is 10.6 Å². The van der Waals surface area contributed by atoms with E-state index in [1.54, 1.807) is 24.8 Å². The lowest BCUT2D eigenvalue weighted by atomic mass is 10.2. The van der Waals surface area contributed by atoms with Gasteiger partial charge in [0.25, 0.3) is 5.91 Å². The van der Waals surface area contributed by atoms with Crippen LogP contribution in [0.1, 0.15) is 22.4 Å². The summed E-state index contributed by atoms with van der Waals surface area (Å²) in [6, 6.07) is 13.4. The minimum atomic E-state index is -0.318. The maximum atomic E-state index is 12.2. The van der Waals surface area contributed by atoms with Crippen molar-refractivity contribution < 1.29 is 13.9 Å². The van der Waals surface area contributed by atoms with Crippen molar-refractivity contribution in [2.45, 2.75) is 6.10 Å². The van der Waals surface area contributed by atoms with E-state index in [0.29, 0.717) is 18.0 Å². The zero-order chi connectivity index (χ0) is 16.1. The van der Waals surface area contributed by atoms with E-state index in [4.69, 9.17) is 9.15 Å². The maximum absolute atomic E-state index is 12.2. The lowest BCUT2D eigenvalue weighted by Gasteiger charge is -2.13. The Labute approximate surface area is 137 Å². The molecule has 118 valence electrons. The van der Waals surface area contributed by atoms with Gasteiger partial charge in [0.05, 0.1) is 12.8 Å². The number of carbonyl (C=O) groups is 1. The fraction of sp³-hybridized carbons (Fsp3) is 0.176. The number of nitrogens with zero attached hydrogens (tertiary/aromatic N) is 1. The standard InChI is InChI=1S/C17H16N2O3S/c1-21-15(14-8-5-9-22-14)10-18-16(20)13-11-23-17(19-13)12-6-3-2-4-7-12/h2-9,11,15H,10H2,1H3,(H,18,20)/t15-/m1/s1. The summed E-state index contributed by atoms with van der Waals surface area (Å²) in [5, 5.41) is 5.40. The smallest absolute Gasteiger partial charge is 0.270 e. The molecule has 0 saturated heterocycles. The molecule has 1 aromatic carbocycles. The van der Waals surface area contributed by atoms with Crippen LogP contribution in [-0.2, 0) is 4.74 Å². The molecule has 3 aromatic rings. The number of rotatable bonds is 6. The molecule has 5 nitrogen and oxygen atoms in total. The lowest BCUT2D eigenvalue weighted by Crippen LogP contribution is -2.29. The SMILES string of the molecule is CO[C@H](CNC(=O)c1csc(-c2ccccc2)n1)c1ccco1. The second kappa shape index (κ2) is 7.21. The highest BCUT2D eigenvalue weighted by atomic mass is 32.1. The van der Waals surface area contributed by atoms with Crippen molar-refractivity contribution in [2.24, 2.45) is 0 Å². The van der Waals surface area contributed by atoms with E-state index in [2.05, 4.69) is 10.3 Å². The molecule has 23 heavy (non-hydrogen) atoms. The van der Waals surface area contributed by atoms with Crippen LogP contribution in [-0.4, -0.2) is 24.5 Å². The number of amides is 1. The van der Waals surface area contributed by atoms with Crippen LogP contribution in [0.4, 0.5) is 0 Å². The van der Waals surface area contributed by atoms with E-state index in [1.165, 1.54) is 11.3 Å². The van der Waals surface area contributed by atoms with Gasteiger partial charge >= 0.3 is 0 Å². The molecular formula is C17H16N2O3S. The highest BCUT2D eigenvalue weighted by Crippen LogP contribution is 2.23. The Kier molecular flexibility index (Phi) is 4.85. The molecule has 0 bridgehead atoms. The third-order valence-corrected chi connectivity index (χ3v) is 4.24. The summed E-state index contributed by atoms with van der Waals surface area (Å²) in [6.07, 6.45) is 1.26. The number of hydrogen-bond acceptors (Lipinski definition) is 5. The molecule has 6 heteroatoms. The van der Waals surface area contributed by atoms with E-state index in [9.17, 15) is 4.79 Å². The number of thiazole rings is 1. The molecule has 2 heterocycles. The summed E-state index contributed by atoms with van der Waals surface area (Å²) < 4.78 is 10.6. The molecule has 0 aliphatic carbocycles. The van der Waals surface area contributed by atoms with Crippen LogP contribution < -0.4 is 5.32 Å². The second-order valence-corrected chi connectivity index (χ2v) is 5.71. The average molecular weight is 328 g/mol. The zero-order valence-electron chi connectivity index (χ0n) is 12.6. The number of furan rings is 1. The van der Waals surface area contributed by atoms with Crippen molar-refractivity contribution >= 4 is 17.2 Å². The third-order valence-electron chi connectivity index (χ3n) is 3.35. The third kappa shape index (κ3) is 3.67. The molecule has 2 aromatic heterocycles. The van der Waals surface area contributed by atoms with Crippen LogP contribution in [0.3, 0.4) is 0 Å². The summed E-state index contributed by atoms with van der Waals surface area (Å²) >= 11 is 1.45. The number of hydrogen-bond donors (Lipinski definition) is 1. The Bertz CT molecular complexity index is 753. The number of ether oxygens (including phenoxy) is 1. The van der Waals surface area contributed by atoms with E-state index < -0.39 is 0 Å². The van der Waals surface area contributed by atoms with Crippen LogP contribution in [0.25, 0.3) is 10.6 Å². The van der Waals surface area contributed by atoms with Crippen molar-refractivity contribution in [2.75, 3.05) is 13.7 Å². The fourth-order valence-corrected chi connectivity index (χ4v) is 2.95. The maximum Gasteiger partial charge on any atom is 0.270 e. The van der Waals surface area contributed by atoms with E-state index in [1.807, 2.05) is 36.4 Å². The van der Waals surface area contributed by atoms with Crippen molar-refractivity contribution in [3.8, 4) is 10.6 Å². The van der Waals surface area contributed by atoms with Crippen molar-refractivity contribution in [3.05, 3.63) is 65.6 Å². The average Bonchev–Trinajstić information content (AvgIpc) is 3.28. The molecule has 1 atom stereocenters. The molecule has 3 rings (SSSR count). The van der Waals surface area contributed by atoms with Gasteiger partial charge in [0, 0.05) is 18.1 Å². The fourth-order valence-electron chi connectivity index (χ4n) is 2.14. The van der Waals surface area contributed by atoms with Gasteiger partial charge in [-0.05, 0) is 12.1 Å². The molecule has 1 amide bonds. The molecule has 0 unspecified atom stereocenters. The Morgan fingerprint density at radius 3 is 2.83 bits per heavy atom. The predicted molar refractivity (Wildman–Crippen MR) is 88.3 cm³/mol. The first-order valence-electron chi connectivity index (χ1n) is 7.13. The largest absolute Gasteiger partial charge is 0.467 e. The van der Waals surface area contributed by atoms with Crippen LogP contribution in [0, 0.1) is 0 Å². The van der Waals surface area contributed by atoms with Crippen molar-refractivity contribution in [3.63, 3.8) is 0 Å².